The molecule has 5 fully saturated rings. The van der Waals surface area contributed by atoms with Crippen molar-refractivity contribution in [1.29, 1.82) is 0 Å². The molecule has 2 N–H and O–H groups in total. The lowest BCUT2D eigenvalue weighted by Crippen LogP contribution is -2.83. The number of fused-ring (bicyclic) bond motifs is 2. The summed E-state index contributed by atoms with van der Waals surface area (Å²) in [6.45, 7) is 11.3. The fraction of sp³-hybridized carbons (Fsp3) is 0.568. The normalized spacial score (nSPS) is 32.4. The minimum Gasteiger partial charge on any atom is -0.482 e. The second-order valence-corrected chi connectivity index (χ2v) is 17.9. The van der Waals surface area contributed by atoms with Crippen LogP contribution in [0.4, 0.5) is 5.69 Å². The Labute approximate surface area is 308 Å². The number of carbonyl (C=O) groups is 1. The van der Waals surface area contributed by atoms with E-state index in [0.29, 0.717) is 11.6 Å². The van der Waals surface area contributed by atoms with Gasteiger partial charge in [-0.15, -0.1) is 0 Å². The first-order chi connectivity index (χ1) is 24.9. The Morgan fingerprint density at radius 2 is 1.77 bits per heavy atom. The van der Waals surface area contributed by atoms with Crippen molar-refractivity contribution in [3.8, 4) is 11.5 Å². The van der Waals surface area contributed by atoms with Crippen LogP contribution in [0.1, 0.15) is 93.3 Å². The van der Waals surface area contributed by atoms with Crippen molar-refractivity contribution in [2.45, 2.75) is 108 Å². The van der Waals surface area contributed by atoms with Crippen LogP contribution in [0.25, 0.3) is 0 Å². The van der Waals surface area contributed by atoms with Crippen LogP contribution >= 0.6 is 0 Å². The van der Waals surface area contributed by atoms with Gasteiger partial charge < -0.3 is 29.4 Å². The quantitative estimate of drug-likeness (QED) is 0.157. The molecule has 3 aromatic rings. The van der Waals surface area contributed by atoms with E-state index in [9.17, 15) is 9.90 Å². The zero-order chi connectivity index (χ0) is 36.1. The van der Waals surface area contributed by atoms with Gasteiger partial charge >= 0.3 is 5.97 Å². The maximum absolute atomic E-state index is 12.7. The van der Waals surface area contributed by atoms with E-state index in [-0.39, 0.29) is 47.6 Å². The van der Waals surface area contributed by atoms with Crippen LogP contribution in [0, 0.1) is 22.7 Å². The summed E-state index contributed by atoms with van der Waals surface area (Å²) in [7, 11) is 1.85. The van der Waals surface area contributed by atoms with Crippen molar-refractivity contribution < 1.29 is 28.8 Å². The Bertz CT molecular complexity index is 1850. The maximum atomic E-state index is 12.7. The van der Waals surface area contributed by atoms with Gasteiger partial charge in [-0.2, -0.15) is 0 Å². The SMILES string of the molecule is COC12CCC3(CC1C(C)(O)C(C)(C)C)C1Cc4ccc(OCNc5ccc(C(=O)OCc6ccccc6)cc5)c5c4C3(CCN1CC1CC1)C2O5. The molecule has 4 bridgehead atoms. The zero-order valence-electron chi connectivity index (χ0n) is 31.4. The van der Waals surface area contributed by atoms with Crippen LogP contribution in [0.2, 0.25) is 0 Å². The zero-order valence-corrected chi connectivity index (χ0v) is 31.4. The summed E-state index contributed by atoms with van der Waals surface area (Å²) in [5, 5.41) is 15.9. The standard InChI is InChI=1S/C44H54N2O6/c1-40(2,3)41(4,48)34-24-42-19-20-44(34,49-5)39-43(42)21-22-46(25-28-11-12-28)35(42)23-31-15-18-33(37(52-39)36(31)43)51-27-45-32-16-13-30(14-17-32)38(47)50-26-29-9-7-6-8-10-29/h6-10,13-18,28,34-35,39,45,48H,11-12,19-27H2,1-5H3. The number of nitrogens with one attached hydrogen (secondary N) is 1. The van der Waals surface area contributed by atoms with Gasteiger partial charge in [0.25, 0.3) is 0 Å². The number of likely N-dealkylation sites (tertiary alicyclic amines) is 1. The van der Waals surface area contributed by atoms with E-state index in [0.717, 1.165) is 67.3 Å². The number of rotatable bonds is 11. The molecule has 0 amide bonds. The number of hydrogen-bond donors (Lipinski definition) is 2. The van der Waals surface area contributed by atoms with Gasteiger partial charge in [-0.3, -0.25) is 4.90 Å². The lowest BCUT2D eigenvalue weighted by molar-refractivity contribution is -0.312. The third-order valence-electron chi connectivity index (χ3n) is 14.7. The molecular formula is C44H54N2O6. The second kappa shape index (κ2) is 12.0. The van der Waals surface area contributed by atoms with Crippen molar-refractivity contribution in [3.63, 3.8) is 0 Å². The third kappa shape index (κ3) is 4.85. The molecule has 10 rings (SSSR count). The smallest absolute Gasteiger partial charge is 0.338 e. The summed E-state index contributed by atoms with van der Waals surface area (Å²) in [6, 6.07) is 21.8. The molecule has 5 aliphatic carbocycles. The van der Waals surface area contributed by atoms with Gasteiger partial charge in [0, 0.05) is 47.7 Å². The number of methoxy groups -OCH3 is 1. The molecule has 7 unspecified atom stereocenters. The minimum atomic E-state index is -0.955. The van der Waals surface area contributed by atoms with Gasteiger partial charge in [0.2, 0.25) is 0 Å². The van der Waals surface area contributed by atoms with Crippen LogP contribution in [0.5, 0.6) is 11.5 Å². The summed E-state index contributed by atoms with van der Waals surface area (Å²) < 4.78 is 26.1. The predicted octanol–water partition coefficient (Wildman–Crippen LogP) is 7.51. The molecule has 0 aromatic heterocycles. The molecule has 8 nitrogen and oxygen atoms in total. The number of aliphatic hydroxyl groups is 1. The first-order valence-electron chi connectivity index (χ1n) is 19.5. The molecular weight excluding hydrogens is 652 g/mol. The summed E-state index contributed by atoms with van der Waals surface area (Å²) >= 11 is 0. The van der Waals surface area contributed by atoms with Gasteiger partial charge in [-0.25, -0.2) is 4.79 Å². The number of esters is 1. The highest BCUT2D eigenvalue weighted by Gasteiger charge is 2.82. The van der Waals surface area contributed by atoms with Crippen molar-refractivity contribution in [1.82, 2.24) is 4.90 Å². The fourth-order valence-electron chi connectivity index (χ4n) is 11.4. The van der Waals surface area contributed by atoms with Crippen molar-refractivity contribution in [2.24, 2.45) is 22.7 Å². The first kappa shape index (κ1) is 34.2. The van der Waals surface area contributed by atoms with E-state index in [1.807, 2.05) is 49.6 Å². The van der Waals surface area contributed by atoms with Crippen LogP contribution in [0.15, 0.2) is 66.7 Å². The molecule has 7 atom stereocenters. The Hall–Kier alpha value is -3.59. The third-order valence-corrected chi connectivity index (χ3v) is 14.7. The molecule has 2 aliphatic heterocycles. The second-order valence-electron chi connectivity index (χ2n) is 17.9. The summed E-state index contributed by atoms with van der Waals surface area (Å²) in [4.78, 5) is 15.5. The molecule has 7 aliphatic rings. The molecule has 3 aromatic carbocycles. The number of carbonyl (C=O) groups excluding carboxylic acids is 1. The van der Waals surface area contributed by atoms with Gasteiger partial charge in [-0.1, -0.05) is 57.2 Å². The number of nitrogens with zero attached hydrogens (tertiary/aromatic N) is 1. The molecule has 8 heteroatoms. The molecule has 2 spiro atoms. The molecule has 1 saturated heterocycles. The summed E-state index contributed by atoms with van der Waals surface area (Å²) in [5.74, 6) is 2.02. The van der Waals surface area contributed by atoms with Crippen molar-refractivity contribution >= 4 is 11.7 Å². The predicted molar refractivity (Wildman–Crippen MR) is 200 cm³/mol. The lowest BCUT2D eigenvalue weighted by Gasteiger charge is -2.75. The molecule has 4 saturated carbocycles. The largest absolute Gasteiger partial charge is 0.482 e. The van der Waals surface area contributed by atoms with Gasteiger partial charge in [0.15, 0.2) is 18.2 Å². The van der Waals surface area contributed by atoms with E-state index in [1.54, 1.807) is 12.1 Å². The maximum Gasteiger partial charge on any atom is 0.338 e. The fourth-order valence-corrected chi connectivity index (χ4v) is 11.4. The highest BCUT2D eigenvalue weighted by Crippen LogP contribution is 2.78. The van der Waals surface area contributed by atoms with Gasteiger partial charge in [0.05, 0.1) is 11.2 Å². The van der Waals surface area contributed by atoms with Crippen molar-refractivity contribution in [3.05, 3.63) is 89.0 Å². The number of ether oxygens (including phenoxy) is 4. The van der Waals surface area contributed by atoms with Crippen LogP contribution in [-0.2, 0) is 27.9 Å². The van der Waals surface area contributed by atoms with Crippen molar-refractivity contribution in [2.75, 3.05) is 32.2 Å². The Balaban J connectivity index is 0.996. The van der Waals surface area contributed by atoms with E-state index in [4.69, 9.17) is 18.9 Å². The Morgan fingerprint density at radius 1 is 1.00 bits per heavy atom. The number of piperidine rings is 1. The van der Waals surface area contributed by atoms with Gasteiger partial charge in [-0.05, 0) is 111 Å². The molecule has 0 radical (unpaired) electrons. The van der Waals surface area contributed by atoms with Crippen LogP contribution in [-0.4, -0.2) is 66.3 Å². The summed E-state index contributed by atoms with van der Waals surface area (Å²) in [5.41, 5.74) is 2.94. The highest BCUT2D eigenvalue weighted by atomic mass is 16.6. The number of benzene rings is 3. The van der Waals surface area contributed by atoms with E-state index in [2.05, 4.69) is 50.0 Å². The van der Waals surface area contributed by atoms with E-state index >= 15 is 0 Å². The lowest BCUT2D eigenvalue weighted by atomic mass is 9.33. The van der Waals surface area contributed by atoms with Crippen LogP contribution in [0.3, 0.4) is 0 Å². The Morgan fingerprint density at radius 3 is 2.48 bits per heavy atom. The van der Waals surface area contributed by atoms with E-state index in [1.165, 1.54) is 30.5 Å². The first-order valence-corrected chi connectivity index (χ1v) is 19.5. The summed E-state index contributed by atoms with van der Waals surface area (Å²) in [6.07, 6.45) is 7.47. The number of hydrogen-bond acceptors (Lipinski definition) is 8. The Kier molecular flexibility index (Phi) is 7.86. The average molecular weight is 707 g/mol. The topological polar surface area (TPSA) is 89.5 Å². The minimum absolute atomic E-state index is 0.00981. The molecule has 276 valence electrons. The molecule has 52 heavy (non-hydrogen) atoms. The van der Waals surface area contributed by atoms with Crippen LogP contribution < -0.4 is 14.8 Å². The van der Waals surface area contributed by atoms with Gasteiger partial charge in [0.1, 0.15) is 18.3 Å². The molecule has 2 heterocycles. The monoisotopic (exact) mass is 706 g/mol. The highest BCUT2D eigenvalue weighted by molar-refractivity contribution is 5.89. The number of anilines is 1. The average Bonchev–Trinajstić information content (AvgIpc) is 3.89. The van der Waals surface area contributed by atoms with E-state index < -0.39 is 11.2 Å².